The van der Waals surface area contributed by atoms with Gasteiger partial charge in [-0.15, -0.1) is 12.4 Å². The highest BCUT2D eigenvalue weighted by atomic mass is 35.5. The van der Waals surface area contributed by atoms with Gasteiger partial charge in [0.05, 0.1) is 12.2 Å². The lowest BCUT2D eigenvalue weighted by molar-refractivity contribution is -0.0263. The molecule has 0 aliphatic carbocycles. The maximum atomic E-state index is 10.0. The van der Waals surface area contributed by atoms with Crippen LogP contribution in [0.4, 0.5) is 0 Å². The van der Waals surface area contributed by atoms with Gasteiger partial charge in [-0.3, -0.25) is 0 Å². The number of phenolic OH excluding ortho intramolecular Hbond substituents is 2. The van der Waals surface area contributed by atoms with Crippen LogP contribution in [0, 0.1) is 0 Å². The Balaban J connectivity index is 0.00000220. The summed E-state index contributed by atoms with van der Waals surface area (Å²) in [6, 6.07) is 3.30. The maximum absolute atomic E-state index is 10.0. The Morgan fingerprint density at radius 2 is 2.00 bits per heavy atom. The second-order valence-electron chi connectivity index (χ2n) is 5.54. The zero-order valence-corrected chi connectivity index (χ0v) is 13.4. The number of unbranched alkanes of at least 4 members (excludes halogenated alkanes) is 3. The Morgan fingerprint density at radius 3 is 2.67 bits per heavy atom. The van der Waals surface area contributed by atoms with E-state index in [9.17, 15) is 10.2 Å². The molecule has 1 aliphatic rings. The summed E-state index contributed by atoms with van der Waals surface area (Å²) in [4.78, 5) is 0. The third-order valence-electron chi connectivity index (χ3n) is 4.03. The summed E-state index contributed by atoms with van der Waals surface area (Å²) in [5.41, 5.74) is 7.48. The molecule has 2 atom stereocenters. The van der Waals surface area contributed by atoms with Gasteiger partial charge >= 0.3 is 0 Å². The largest absolute Gasteiger partial charge is 0.504 e. The molecular formula is C16H26ClNO3. The van der Waals surface area contributed by atoms with Crippen molar-refractivity contribution in [2.45, 2.75) is 57.7 Å². The van der Waals surface area contributed by atoms with Crippen molar-refractivity contribution < 1.29 is 14.9 Å². The molecule has 0 fully saturated rings. The summed E-state index contributed by atoms with van der Waals surface area (Å²) in [5.74, 6) is -0.0750. The van der Waals surface area contributed by atoms with E-state index in [4.69, 9.17) is 10.5 Å². The zero-order chi connectivity index (χ0) is 14.5. The van der Waals surface area contributed by atoms with Crippen LogP contribution in [-0.4, -0.2) is 22.9 Å². The number of hydrogen-bond donors (Lipinski definition) is 3. The summed E-state index contributed by atoms with van der Waals surface area (Å²) in [6.45, 7) is 2.58. The lowest BCUT2D eigenvalue weighted by Gasteiger charge is -2.32. The Labute approximate surface area is 132 Å². The van der Waals surface area contributed by atoms with E-state index < -0.39 is 0 Å². The molecule has 21 heavy (non-hydrogen) atoms. The second-order valence-corrected chi connectivity index (χ2v) is 5.54. The molecule has 0 aromatic heterocycles. The molecule has 0 radical (unpaired) electrons. The van der Waals surface area contributed by atoms with E-state index in [0.29, 0.717) is 13.0 Å². The van der Waals surface area contributed by atoms with Gasteiger partial charge in [-0.25, -0.2) is 0 Å². The first-order valence-corrected chi connectivity index (χ1v) is 7.56. The minimum Gasteiger partial charge on any atom is -0.504 e. The molecule has 1 aromatic carbocycles. The van der Waals surface area contributed by atoms with Crippen molar-refractivity contribution in [2.24, 2.45) is 5.73 Å². The van der Waals surface area contributed by atoms with Crippen LogP contribution >= 0.6 is 12.4 Å². The van der Waals surface area contributed by atoms with E-state index in [2.05, 4.69) is 6.92 Å². The number of hydrogen-bond acceptors (Lipinski definition) is 4. The van der Waals surface area contributed by atoms with Crippen molar-refractivity contribution in [3.63, 3.8) is 0 Å². The average molecular weight is 316 g/mol. The van der Waals surface area contributed by atoms with Gasteiger partial charge in [-0.2, -0.15) is 0 Å². The van der Waals surface area contributed by atoms with Crippen molar-refractivity contribution in [3.05, 3.63) is 23.3 Å². The van der Waals surface area contributed by atoms with Crippen LogP contribution in [0.1, 0.15) is 56.3 Å². The van der Waals surface area contributed by atoms with E-state index in [1.54, 1.807) is 6.07 Å². The van der Waals surface area contributed by atoms with Crippen molar-refractivity contribution in [1.82, 2.24) is 0 Å². The van der Waals surface area contributed by atoms with Gasteiger partial charge in [0.1, 0.15) is 0 Å². The van der Waals surface area contributed by atoms with Crippen LogP contribution in [0.25, 0.3) is 0 Å². The lowest BCUT2D eigenvalue weighted by atomic mass is 9.91. The van der Waals surface area contributed by atoms with Crippen molar-refractivity contribution in [1.29, 1.82) is 0 Å². The number of benzene rings is 1. The fraction of sp³-hybridized carbons (Fsp3) is 0.625. The molecule has 0 spiro atoms. The lowest BCUT2D eigenvalue weighted by Crippen LogP contribution is -2.30. The van der Waals surface area contributed by atoms with Gasteiger partial charge in [0.2, 0.25) is 0 Å². The quantitative estimate of drug-likeness (QED) is 0.555. The van der Waals surface area contributed by atoms with Gasteiger partial charge in [0, 0.05) is 18.5 Å². The second kappa shape index (κ2) is 8.47. The highest BCUT2D eigenvalue weighted by Crippen LogP contribution is 2.40. The molecule has 0 saturated heterocycles. The molecule has 2 rings (SSSR count). The zero-order valence-electron chi connectivity index (χ0n) is 12.5. The first-order chi connectivity index (χ1) is 9.67. The van der Waals surface area contributed by atoms with E-state index in [1.807, 2.05) is 0 Å². The standard InChI is InChI=1S/C16H25NO3.ClH/c1-2-3-4-5-6-11-9-13-12(15(10-17)20-11)7-8-14(18)16(13)19;/h7-8,11,15,18-19H,2-6,9-10,17H2,1H3;1H/t11-,15+;/m1./s1. The van der Waals surface area contributed by atoms with Crippen LogP contribution in [0.2, 0.25) is 0 Å². The predicted octanol–water partition coefficient (Wildman–Crippen LogP) is 3.43. The van der Waals surface area contributed by atoms with Gasteiger partial charge in [-0.05, 0) is 18.1 Å². The highest BCUT2D eigenvalue weighted by Gasteiger charge is 2.29. The molecule has 0 amide bonds. The summed E-state index contributed by atoms with van der Waals surface area (Å²) in [6.07, 6.45) is 6.34. The molecule has 1 heterocycles. The number of nitrogens with two attached hydrogens (primary N) is 1. The molecule has 5 heteroatoms. The van der Waals surface area contributed by atoms with Crippen LogP contribution < -0.4 is 5.73 Å². The Hall–Kier alpha value is -0.970. The molecular weight excluding hydrogens is 290 g/mol. The van der Waals surface area contributed by atoms with E-state index in [0.717, 1.165) is 24.0 Å². The fourth-order valence-corrected chi connectivity index (χ4v) is 2.89. The molecule has 0 unspecified atom stereocenters. The molecule has 4 nitrogen and oxygen atoms in total. The van der Waals surface area contributed by atoms with Crippen molar-refractivity contribution in [3.8, 4) is 11.5 Å². The number of aromatic hydroxyl groups is 2. The van der Waals surface area contributed by atoms with E-state index in [-0.39, 0.29) is 36.1 Å². The molecule has 0 bridgehead atoms. The van der Waals surface area contributed by atoms with Crippen LogP contribution in [0.3, 0.4) is 0 Å². The summed E-state index contributed by atoms with van der Waals surface area (Å²) in [7, 11) is 0. The third-order valence-corrected chi connectivity index (χ3v) is 4.03. The summed E-state index contributed by atoms with van der Waals surface area (Å²) < 4.78 is 6.02. The van der Waals surface area contributed by atoms with Gasteiger partial charge in [0.25, 0.3) is 0 Å². The Kier molecular flexibility index (Phi) is 7.29. The first-order valence-electron chi connectivity index (χ1n) is 7.56. The molecule has 0 saturated carbocycles. The average Bonchev–Trinajstić information content (AvgIpc) is 2.47. The Morgan fingerprint density at radius 1 is 1.24 bits per heavy atom. The molecule has 1 aromatic rings. The minimum atomic E-state index is -0.179. The van der Waals surface area contributed by atoms with Gasteiger partial charge < -0.3 is 20.7 Å². The normalized spacial score (nSPS) is 20.7. The first kappa shape index (κ1) is 18.1. The minimum absolute atomic E-state index is 0. The summed E-state index contributed by atoms with van der Waals surface area (Å²) >= 11 is 0. The third kappa shape index (κ3) is 4.25. The number of fused-ring (bicyclic) bond motifs is 1. The number of ether oxygens (including phenoxy) is 1. The van der Waals surface area contributed by atoms with Gasteiger partial charge in [-0.1, -0.05) is 38.7 Å². The Bertz CT molecular complexity index is 453. The van der Waals surface area contributed by atoms with Crippen molar-refractivity contribution >= 4 is 12.4 Å². The van der Waals surface area contributed by atoms with E-state index in [1.165, 1.54) is 25.3 Å². The van der Waals surface area contributed by atoms with Crippen molar-refractivity contribution in [2.75, 3.05) is 6.54 Å². The molecule has 120 valence electrons. The van der Waals surface area contributed by atoms with Crippen LogP contribution in [0.5, 0.6) is 11.5 Å². The van der Waals surface area contributed by atoms with E-state index >= 15 is 0 Å². The number of rotatable bonds is 6. The van der Waals surface area contributed by atoms with Crippen LogP contribution in [-0.2, 0) is 11.2 Å². The van der Waals surface area contributed by atoms with Crippen LogP contribution in [0.15, 0.2) is 12.1 Å². The maximum Gasteiger partial charge on any atom is 0.161 e. The predicted molar refractivity (Wildman–Crippen MR) is 86.2 cm³/mol. The fourth-order valence-electron chi connectivity index (χ4n) is 2.89. The number of halogens is 1. The molecule has 1 aliphatic heterocycles. The monoisotopic (exact) mass is 315 g/mol. The summed E-state index contributed by atoms with van der Waals surface area (Å²) in [5, 5.41) is 19.7. The molecule has 4 N–H and O–H groups in total. The smallest absolute Gasteiger partial charge is 0.161 e. The number of phenols is 2. The van der Waals surface area contributed by atoms with Gasteiger partial charge in [0.15, 0.2) is 11.5 Å². The highest BCUT2D eigenvalue weighted by molar-refractivity contribution is 5.85. The SMILES string of the molecule is CCCCCC[C@@H]1Cc2c(ccc(O)c2O)[C@H](CN)O1.Cl. The topological polar surface area (TPSA) is 75.7 Å².